The average molecular weight is 286 g/mol. The standard InChI is InChI=1S/C19H30N2/c1-17(2)16(18(17,3)4)21-14-19(10-12-20-13-11-19)15-8-6-5-7-9-15/h5-9,16,20-21H,10-14H2,1-4H3. The van der Waals surface area contributed by atoms with Gasteiger partial charge in [-0.3, -0.25) is 0 Å². The average Bonchev–Trinajstić information content (AvgIpc) is 2.88. The fourth-order valence-electron chi connectivity index (χ4n) is 4.27. The van der Waals surface area contributed by atoms with Crippen molar-refractivity contribution in [3.63, 3.8) is 0 Å². The van der Waals surface area contributed by atoms with Crippen LogP contribution in [0.1, 0.15) is 46.1 Å². The lowest BCUT2D eigenvalue weighted by molar-refractivity contribution is 0.287. The van der Waals surface area contributed by atoms with E-state index in [4.69, 9.17) is 0 Å². The maximum atomic E-state index is 3.92. The molecule has 0 radical (unpaired) electrons. The molecule has 3 rings (SSSR count). The highest BCUT2D eigenvalue weighted by Gasteiger charge is 2.64. The molecule has 2 aliphatic rings. The molecule has 2 nitrogen and oxygen atoms in total. The molecule has 2 heteroatoms. The molecule has 1 aliphatic heterocycles. The molecule has 0 bridgehead atoms. The van der Waals surface area contributed by atoms with Crippen molar-refractivity contribution in [2.45, 2.75) is 52.0 Å². The van der Waals surface area contributed by atoms with Gasteiger partial charge in [-0.25, -0.2) is 0 Å². The van der Waals surface area contributed by atoms with E-state index in [0.29, 0.717) is 22.3 Å². The van der Waals surface area contributed by atoms with Crippen LogP contribution in [-0.4, -0.2) is 25.7 Å². The zero-order chi connectivity index (χ0) is 15.1. The third kappa shape index (κ3) is 2.43. The van der Waals surface area contributed by atoms with Crippen molar-refractivity contribution in [1.82, 2.24) is 10.6 Å². The van der Waals surface area contributed by atoms with Gasteiger partial charge in [0.1, 0.15) is 0 Å². The van der Waals surface area contributed by atoms with Crippen LogP contribution >= 0.6 is 0 Å². The van der Waals surface area contributed by atoms with Crippen molar-refractivity contribution in [2.75, 3.05) is 19.6 Å². The number of benzene rings is 1. The van der Waals surface area contributed by atoms with E-state index in [1.807, 2.05) is 0 Å². The van der Waals surface area contributed by atoms with Crippen molar-refractivity contribution in [2.24, 2.45) is 10.8 Å². The van der Waals surface area contributed by atoms with Crippen LogP contribution in [0.3, 0.4) is 0 Å². The van der Waals surface area contributed by atoms with Gasteiger partial charge in [0.15, 0.2) is 0 Å². The summed E-state index contributed by atoms with van der Waals surface area (Å²) >= 11 is 0. The van der Waals surface area contributed by atoms with Gasteiger partial charge in [-0.1, -0.05) is 58.0 Å². The van der Waals surface area contributed by atoms with Crippen LogP contribution < -0.4 is 10.6 Å². The Morgan fingerprint density at radius 1 is 1.00 bits per heavy atom. The molecule has 1 saturated carbocycles. The van der Waals surface area contributed by atoms with Gasteiger partial charge in [0, 0.05) is 18.0 Å². The number of hydrogen-bond donors (Lipinski definition) is 2. The van der Waals surface area contributed by atoms with Crippen LogP contribution in [0.2, 0.25) is 0 Å². The van der Waals surface area contributed by atoms with Gasteiger partial charge in [-0.05, 0) is 42.3 Å². The Kier molecular flexibility index (Phi) is 3.66. The second kappa shape index (κ2) is 5.10. The lowest BCUT2D eigenvalue weighted by Gasteiger charge is -2.39. The Balaban J connectivity index is 1.76. The molecule has 0 spiro atoms. The molecule has 2 N–H and O–H groups in total. The van der Waals surface area contributed by atoms with Gasteiger partial charge < -0.3 is 10.6 Å². The van der Waals surface area contributed by atoms with Crippen LogP contribution in [0.15, 0.2) is 30.3 Å². The predicted octanol–water partition coefficient (Wildman–Crippen LogP) is 3.33. The highest BCUT2D eigenvalue weighted by molar-refractivity contribution is 5.28. The van der Waals surface area contributed by atoms with Crippen LogP contribution in [0.5, 0.6) is 0 Å². The summed E-state index contributed by atoms with van der Waals surface area (Å²) in [7, 11) is 0. The van der Waals surface area contributed by atoms with Gasteiger partial charge in [0.05, 0.1) is 0 Å². The normalized spacial score (nSPS) is 26.5. The smallest absolute Gasteiger partial charge is 0.0181 e. The first kappa shape index (κ1) is 15.1. The Hall–Kier alpha value is -0.860. The van der Waals surface area contributed by atoms with Crippen molar-refractivity contribution in [1.29, 1.82) is 0 Å². The summed E-state index contributed by atoms with van der Waals surface area (Å²) in [6.45, 7) is 12.9. The summed E-state index contributed by atoms with van der Waals surface area (Å²) in [5, 5.41) is 7.44. The van der Waals surface area contributed by atoms with E-state index in [2.05, 4.69) is 68.7 Å². The number of nitrogens with one attached hydrogen (secondary N) is 2. The van der Waals surface area contributed by atoms with Gasteiger partial charge in [0.25, 0.3) is 0 Å². The molecule has 0 amide bonds. The SMILES string of the molecule is CC1(C)C(NCC2(c3ccccc3)CCNCC2)C1(C)C. The van der Waals surface area contributed by atoms with E-state index in [1.165, 1.54) is 18.4 Å². The van der Waals surface area contributed by atoms with E-state index in [9.17, 15) is 0 Å². The Labute approximate surface area is 129 Å². The number of hydrogen-bond acceptors (Lipinski definition) is 2. The van der Waals surface area contributed by atoms with E-state index in [0.717, 1.165) is 19.6 Å². The van der Waals surface area contributed by atoms with Gasteiger partial charge >= 0.3 is 0 Å². The summed E-state index contributed by atoms with van der Waals surface area (Å²) in [4.78, 5) is 0. The zero-order valence-electron chi connectivity index (χ0n) is 14.0. The molecule has 0 unspecified atom stereocenters. The number of piperidine rings is 1. The lowest BCUT2D eigenvalue weighted by Crippen LogP contribution is -2.47. The van der Waals surface area contributed by atoms with Gasteiger partial charge in [0.2, 0.25) is 0 Å². The highest BCUT2D eigenvalue weighted by atomic mass is 15.1. The number of rotatable bonds is 4. The zero-order valence-corrected chi connectivity index (χ0v) is 14.0. The minimum Gasteiger partial charge on any atom is -0.317 e. The molecule has 21 heavy (non-hydrogen) atoms. The first-order valence-electron chi connectivity index (χ1n) is 8.40. The van der Waals surface area contributed by atoms with Gasteiger partial charge in [-0.15, -0.1) is 0 Å². The molecule has 1 saturated heterocycles. The maximum absolute atomic E-state index is 3.92. The summed E-state index contributed by atoms with van der Waals surface area (Å²) in [6.07, 6.45) is 2.47. The van der Waals surface area contributed by atoms with E-state index in [1.54, 1.807) is 0 Å². The molecule has 1 heterocycles. The second-order valence-corrected chi connectivity index (χ2v) is 8.15. The summed E-state index contributed by atoms with van der Waals surface area (Å²) < 4.78 is 0. The van der Waals surface area contributed by atoms with Crippen molar-refractivity contribution < 1.29 is 0 Å². The molecule has 1 aromatic rings. The molecule has 0 atom stereocenters. The molecular formula is C19H30N2. The third-order valence-electron chi connectivity index (χ3n) is 6.61. The summed E-state index contributed by atoms with van der Waals surface area (Å²) in [5.74, 6) is 0. The fraction of sp³-hybridized carbons (Fsp3) is 0.684. The van der Waals surface area contributed by atoms with E-state index in [-0.39, 0.29) is 0 Å². The van der Waals surface area contributed by atoms with Crippen molar-refractivity contribution in [3.8, 4) is 0 Å². The minimum absolute atomic E-state index is 0.307. The first-order valence-corrected chi connectivity index (χ1v) is 8.40. The van der Waals surface area contributed by atoms with Gasteiger partial charge in [-0.2, -0.15) is 0 Å². The predicted molar refractivity (Wildman–Crippen MR) is 89.6 cm³/mol. The van der Waals surface area contributed by atoms with E-state index >= 15 is 0 Å². The van der Waals surface area contributed by atoms with Crippen molar-refractivity contribution in [3.05, 3.63) is 35.9 Å². The Bertz CT molecular complexity index is 470. The molecule has 116 valence electrons. The van der Waals surface area contributed by atoms with Crippen LogP contribution in [0.4, 0.5) is 0 Å². The molecule has 1 aliphatic carbocycles. The largest absolute Gasteiger partial charge is 0.317 e. The fourth-order valence-corrected chi connectivity index (χ4v) is 4.27. The molecule has 2 fully saturated rings. The highest BCUT2D eigenvalue weighted by Crippen LogP contribution is 2.62. The van der Waals surface area contributed by atoms with Crippen molar-refractivity contribution >= 4 is 0 Å². The Morgan fingerprint density at radius 2 is 1.57 bits per heavy atom. The van der Waals surface area contributed by atoms with E-state index < -0.39 is 0 Å². The monoisotopic (exact) mass is 286 g/mol. The van der Waals surface area contributed by atoms with Crippen LogP contribution in [0, 0.1) is 10.8 Å². The minimum atomic E-state index is 0.307. The topological polar surface area (TPSA) is 24.1 Å². The molecule has 1 aromatic carbocycles. The molecule has 0 aromatic heterocycles. The summed E-state index contributed by atoms with van der Waals surface area (Å²) in [6, 6.07) is 11.8. The molecular weight excluding hydrogens is 256 g/mol. The quantitative estimate of drug-likeness (QED) is 0.887. The van der Waals surface area contributed by atoms with Crippen LogP contribution in [0.25, 0.3) is 0 Å². The third-order valence-corrected chi connectivity index (χ3v) is 6.61. The second-order valence-electron chi connectivity index (χ2n) is 8.15. The first-order chi connectivity index (χ1) is 9.90. The lowest BCUT2D eigenvalue weighted by atomic mass is 9.73. The summed E-state index contributed by atoms with van der Waals surface area (Å²) in [5.41, 5.74) is 2.65. The maximum Gasteiger partial charge on any atom is 0.0181 e. The Morgan fingerprint density at radius 3 is 2.10 bits per heavy atom. The van der Waals surface area contributed by atoms with Crippen LogP contribution in [-0.2, 0) is 5.41 Å².